The van der Waals surface area contributed by atoms with Crippen molar-refractivity contribution in [1.29, 1.82) is 0 Å². The van der Waals surface area contributed by atoms with E-state index in [0.29, 0.717) is 12.5 Å². The Labute approximate surface area is 98.5 Å². The van der Waals surface area contributed by atoms with Crippen LogP contribution in [0.15, 0.2) is 0 Å². The molecule has 1 heterocycles. The molecular formula is C13H24O3. The Bertz CT molecular complexity index is 203. The lowest BCUT2D eigenvalue weighted by Gasteiger charge is -2.12. The Hall–Kier alpha value is -0.570. The number of hydrogen-bond acceptors (Lipinski definition) is 3. The summed E-state index contributed by atoms with van der Waals surface area (Å²) in [5.41, 5.74) is 0. The van der Waals surface area contributed by atoms with Crippen molar-refractivity contribution in [2.24, 2.45) is 0 Å². The summed E-state index contributed by atoms with van der Waals surface area (Å²) in [5.74, 6) is -0.156. The van der Waals surface area contributed by atoms with Crippen molar-refractivity contribution >= 4 is 5.97 Å². The van der Waals surface area contributed by atoms with Crippen molar-refractivity contribution in [1.82, 2.24) is 0 Å². The second-order valence-corrected chi connectivity index (χ2v) is 4.59. The number of carbonyl (C=O) groups is 1. The summed E-state index contributed by atoms with van der Waals surface area (Å²) in [6.45, 7) is 2.22. The van der Waals surface area contributed by atoms with Gasteiger partial charge in [0.1, 0.15) is 0 Å². The van der Waals surface area contributed by atoms with Gasteiger partial charge in [0.05, 0.1) is 25.7 Å². The second-order valence-electron chi connectivity index (χ2n) is 4.59. The molecule has 1 aliphatic heterocycles. The summed E-state index contributed by atoms with van der Waals surface area (Å²) in [5, 5.41) is 0. The van der Waals surface area contributed by atoms with Gasteiger partial charge in [-0.15, -0.1) is 0 Å². The molecule has 0 N–H and O–H groups in total. The lowest BCUT2D eigenvalue weighted by molar-refractivity contribution is -0.143. The van der Waals surface area contributed by atoms with Crippen molar-refractivity contribution < 1.29 is 14.3 Å². The van der Waals surface area contributed by atoms with Crippen LogP contribution in [0.1, 0.15) is 58.3 Å². The summed E-state index contributed by atoms with van der Waals surface area (Å²) in [6, 6.07) is 0. The van der Waals surface area contributed by atoms with E-state index in [0.717, 1.165) is 19.3 Å². The molecule has 0 aromatic heterocycles. The van der Waals surface area contributed by atoms with E-state index in [1.54, 1.807) is 0 Å². The highest BCUT2D eigenvalue weighted by Gasteiger charge is 2.26. The monoisotopic (exact) mass is 228 g/mol. The fourth-order valence-corrected chi connectivity index (χ4v) is 2.21. The first-order valence-corrected chi connectivity index (χ1v) is 6.48. The van der Waals surface area contributed by atoms with E-state index in [1.165, 1.54) is 32.8 Å². The van der Waals surface area contributed by atoms with E-state index >= 15 is 0 Å². The minimum atomic E-state index is -0.156. The zero-order chi connectivity index (χ0) is 11.8. The summed E-state index contributed by atoms with van der Waals surface area (Å²) < 4.78 is 10.5. The Kier molecular flexibility index (Phi) is 6.46. The largest absolute Gasteiger partial charge is 0.469 e. The van der Waals surface area contributed by atoms with Crippen LogP contribution in [0.2, 0.25) is 0 Å². The van der Waals surface area contributed by atoms with Crippen LogP contribution in [-0.4, -0.2) is 25.3 Å². The zero-order valence-electron chi connectivity index (χ0n) is 10.5. The standard InChI is InChI=1S/C13H24O3/c1-3-4-5-6-7-11-8-9-12(16-11)10-13(14)15-2/h11-12H,3-10H2,1-2H3. The summed E-state index contributed by atoms with van der Waals surface area (Å²) in [7, 11) is 1.43. The molecule has 0 aromatic carbocycles. The minimum absolute atomic E-state index is 0.101. The van der Waals surface area contributed by atoms with Gasteiger partial charge in [-0.25, -0.2) is 0 Å². The number of esters is 1. The van der Waals surface area contributed by atoms with Gasteiger partial charge in [-0.2, -0.15) is 0 Å². The van der Waals surface area contributed by atoms with E-state index < -0.39 is 0 Å². The van der Waals surface area contributed by atoms with Gasteiger partial charge in [0, 0.05) is 0 Å². The minimum Gasteiger partial charge on any atom is -0.469 e. The molecule has 0 saturated carbocycles. The maximum Gasteiger partial charge on any atom is 0.308 e. The van der Waals surface area contributed by atoms with Crippen molar-refractivity contribution in [2.45, 2.75) is 70.5 Å². The highest BCUT2D eigenvalue weighted by molar-refractivity contribution is 5.69. The van der Waals surface area contributed by atoms with Gasteiger partial charge in [0.15, 0.2) is 0 Å². The smallest absolute Gasteiger partial charge is 0.308 e. The quantitative estimate of drug-likeness (QED) is 0.496. The molecule has 3 heteroatoms. The molecule has 1 saturated heterocycles. The first-order chi connectivity index (χ1) is 7.76. The van der Waals surface area contributed by atoms with E-state index in [-0.39, 0.29) is 12.1 Å². The molecule has 1 fully saturated rings. The zero-order valence-corrected chi connectivity index (χ0v) is 10.5. The van der Waals surface area contributed by atoms with Gasteiger partial charge in [-0.05, 0) is 19.3 Å². The van der Waals surface area contributed by atoms with Crippen LogP contribution in [0.4, 0.5) is 0 Å². The summed E-state index contributed by atoms with van der Waals surface area (Å²) >= 11 is 0. The topological polar surface area (TPSA) is 35.5 Å². The predicted octanol–water partition coefficient (Wildman–Crippen LogP) is 3.07. The number of rotatable bonds is 7. The highest BCUT2D eigenvalue weighted by atomic mass is 16.5. The van der Waals surface area contributed by atoms with Crippen LogP contribution in [0.5, 0.6) is 0 Å². The van der Waals surface area contributed by atoms with Gasteiger partial charge in [-0.3, -0.25) is 4.79 Å². The number of ether oxygens (including phenoxy) is 2. The maximum absolute atomic E-state index is 11.1. The molecule has 2 unspecified atom stereocenters. The first kappa shape index (κ1) is 13.5. The molecule has 1 rings (SSSR count). The molecule has 0 aromatic rings. The van der Waals surface area contributed by atoms with Crippen molar-refractivity contribution in [3.63, 3.8) is 0 Å². The SMILES string of the molecule is CCCCCCC1CCC(CC(=O)OC)O1. The number of unbranched alkanes of at least 4 members (excludes halogenated alkanes) is 3. The third-order valence-corrected chi connectivity index (χ3v) is 3.20. The molecule has 0 aliphatic carbocycles. The highest BCUT2D eigenvalue weighted by Crippen LogP contribution is 2.26. The van der Waals surface area contributed by atoms with Gasteiger partial charge in [-0.1, -0.05) is 32.6 Å². The van der Waals surface area contributed by atoms with Crippen molar-refractivity contribution in [2.75, 3.05) is 7.11 Å². The normalized spacial score (nSPS) is 24.6. The molecular weight excluding hydrogens is 204 g/mol. The van der Waals surface area contributed by atoms with Crippen LogP contribution < -0.4 is 0 Å². The number of methoxy groups -OCH3 is 1. The molecule has 1 aliphatic rings. The average molecular weight is 228 g/mol. The number of carbonyl (C=O) groups excluding carboxylic acids is 1. The van der Waals surface area contributed by atoms with Gasteiger partial charge >= 0.3 is 5.97 Å². The Morgan fingerprint density at radius 2 is 2.00 bits per heavy atom. The third kappa shape index (κ3) is 4.97. The summed E-state index contributed by atoms with van der Waals surface area (Å²) in [6.07, 6.45) is 9.31. The molecule has 0 spiro atoms. The molecule has 16 heavy (non-hydrogen) atoms. The molecule has 0 amide bonds. The van der Waals surface area contributed by atoms with Crippen LogP contribution in [0, 0.1) is 0 Å². The van der Waals surface area contributed by atoms with Crippen LogP contribution in [0.3, 0.4) is 0 Å². The van der Waals surface area contributed by atoms with Crippen molar-refractivity contribution in [3.8, 4) is 0 Å². The van der Waals surface area contributed by atoms with Crippen LogP contribution in [0.25, 0.3) is 0 Å². The summed E-state index contributed by atoms with van der Waals surface area (Å²) in [4.78, 5) is 11.1. The van der Waals surface area contributed by atoms with E-state index in [9.17, 15) is 4.79 Å². The van der Waals surface area contributed by atoms with Gasteiger partial charge in [0.2, 0.25) is 0 Å². The number of hydrogen-bond donors (Lipinski definition) is 0. The molecule has 3 nitrogen and oxygen atoms in total. The fourth-order valence-electron chi connectivity index (χ4n) is 2.21. The van der Waals surface area contributed by atoms with Crippen molar-refractivity contribution in [3.05, 3.63) is 0 Å². The molecule has 2 atom stereocenters. The predicted molar refractivity (Wildman–Crippen MR) is 63.3 cm³/mol. The van der Waals surface area contributed by atoms with Crippen LogP contribution >= 0.6 is 0 Å². The van der Waals surface area contributed by atoms with Gasteiger partial charge < -0.3 is 9.47 Å². The third-order valence-electron chi connectivity index (χ3n) is 3.20. The molecule has 0 radical (unpaired) electrons. The lowest BCUT2D eigenvalue weighted by Crippen LogP contribution is -2.16. The maximum atomic E-state index is 11.1. The van der Waals surface area contributed by atoms with Crippen LogP contribution in [-0.2, 0) is 14.3 Å². The average Bonchev–Trinajstić information content (AvgIpc) is 2.72. The van der Waals surface area contributed by atoms with E-state index in [2.05, 4.69) is 11.7 Å². The van der Waals surface area contributed by atoms with Gasteiger partial charge in [0.25, 0.3) is 0 Å². The Morgan fingerprint density at radius 1 is 1.25 bits per heavy atom. The second kappa shape index (κ2) is 7.66. The Morgan fingerprint density at radius 3 is 2.69 bits per heavy atom. The fraction of sp³-hybridized carbons (Fsp3) is 0.923. The van der Waals surface area contributed by atoms with E-state index in [4.69, 9.17) is 4.74 Å². The Balaban J connectivity index is 2.07. The lowest BCUT2D eigenvalue weighted by atomic mass is 10.1. The first-order valence-electron chi connectivity index (χ1n) is 6.48. The molecule has 0 bridgehead atoms. The molecule has 94 valence electrons. The van der Waals surface area contributed by atoms with E-state index in [1.807, 2.05) is 0 Å².